The Kier molecular flexibility index (Phi) is 8.90. The Morgan fingerprint density at radius 1 is 1.21 bits per heavy atom. The summed E-state index contributed by atoms with van der Waals surface area (Å²) in [6.07, 6.45) is 8.14. The van der Waals surface area contributed by atoms with Crippen molar-refractivity contribution in [2.24, 2.45) is 0 Å². The Morgan fingerprint density at radius 2 is 2.08 bits per heavy atom. The summed E-state index contributed by atoms with van der Waals surface area (Å²) in [6.45, 7) is 4.40. The number of carbonyl (C=O) groups excluding carboxylic acids is 1. The number of halogens is 1. The molecule has 1 aromatic carbocycles. The molecule has 2 aromatic heterocycles. The van der Waals surface area contributed by atoms with E-state index in [1.54, 1.807) is 12.4 Å². The van der Waals surface area contributed by atoms with Crippen LogP contribution in [0.2, 0.25) is 5.02 Å². The van der Waals surface area contributed by atoms with Crippen LogP contribution in [0.5, 0.6) is 0 Å². The number of aryl methyl sites for hydroxylation is 1. The molecule has 0 radical (unpaired) electrons. The van der Waals surface area contributed by atoms with Crippen molar-refractivity contribution in [2.75, 3.05) is 31.7 Å². The van der Waals surface area contributed by atoms with Gasteiger partial charge in [-0.15, -0.1) is 0 Å². The highest BCUT2D eigenvalue weighted by molar-refractivity contribution is 6.30. The number of anilines is 1. The summed E-state index contributed by atoms with van der Waals surface area (Å²) in [4.78, 5) is 25.6. The Labute approximate surface area is 227 Å². The monoisotopic (exact) mass is 539 g/mol. The van der Waals surface area contributed by atoms with Gasteiger partial charge >= 0.3 is 0 Å². The van der Waals surface area contributed by atoms with Crippen molar-refractivity contribution >= 4 is 23.5 Å². The van der Waals surface area contributed by atoms with Crippen molar-refractivity contribution in [3.8, 4) is 11.3 Å². The van der Waals surface area contributed by atoms with Crippen molar-refractivity contribution in [3.63, 3.8) is 0 Å². The number of aromatic nitrogens is 3. The van der Waals surface area contributed by atoms with E-state index < -0.39 is 6.04 Å². The van der Waals surface area contributed by atoms with E-state index in [9.17, 15) is 4.79 Å². The zero-order valence-corrected chi connectivity index (χ0v) is 22.3. The van der Waals surface area contributed by atoms with Crippen LogP contribution in [0.3, 0.4) is 0 Å². The lowest BCUT2D eigenvalue weighted by Gasteiger charge is -2.26. The van der Waals surface area contributed by atoms with Crippen LogP contribution in [0.15, 0.2) is 42.7 Å². The van der Waals surface area contributed by atoms with Crippen molar-refractivity contribution in [3.05, 3.63) is 64.6 Å². The summed E-state index contributed by atoms with van der Waals surface area (Å²) >= 11 is 6.24. The predicted octanol–water partition coefficient (Wildman–Crippen LogP) is 5.04. The van der Waals surface area contributed by atoms with Gasteiger partial charge in [0.05, 0.1) is 18.3 Å². The number of nitrogens with one attached hydrogen (secondary N) is 3. The maximum Gasteiger partial charge on any atom is 0.268 e. The van der Waals surface area contributed by atoms with E-state index in [4.69, 9.17) is 30.8 Å². The zero-order chi connectivity index (χ0) is 26.3. The minimum atomic E-state index is -0.394. The van der Waals surface area contributed by atoms with Gasteiger partial charge in [-0.05, 0) is 68.4 Å². The fraction of sp³-hybridized carbons (Fsp3) is 0.464. The molecule has 3 N–H and O–H groups in total. The van der Waals surface area contributed by atoms with Gasteiger partial charge in [0, 0.05) is 48.8 Å². The molecule has 1 amide bonds. The molecule has 2 aliphatic heterocycles. The van der Waals surface area contributed by atoms with E-state index in [-0.39, 0.29) is 24.8 Å². The summed E-state index contributed by atoms with van der Waals surface area (Å²) in [5.74, 6) is 0.328. The van der Waals surface area contributed by atoms with Crippen LogP contribution in [0.1, 0.15) is 59.8 Å². The second kappa shape index (κ2) is 12.7. The lowest BCUT2D eigenvalue weighted by atomic mass is 10.1. The van der Waals surface area contributed by atoms with Crippen LogP contribution >= 0.6 is 11.6 Å². The molecule has 0 spiro atoms. The number of amides is 1. The first kappa shape index (κ1) is 26.6. The number of hydrogen-bond donors (Lipinski definition) is 3. The predicted molar refractivity (Wildman–Crippen MR) is 145 cm³/mol. The Bertz CT molecular complexity index is 1220. The summed E-state index contributed by atoms with van der Waals surface area (Å²) in [7, 11) is 0. The topological polar surface area (TPSA) is 110 Å². The third kappa shape index (κ3) is 6.91. The molecule has 2 aliphatic rings. The number of rotatable bonds is 9. The lowest BCUT2D eigenvalue weighted by Crippen LogP contribution is -2.34. The number of nitrogens with zero attached hydrogens (tertiary/aromatic N) is 2. The molecule has 10 heteroatoms. The second-order valence-electron chi connectivity index (χ2n) is 9.77. The number of benzene rings is 1. The summed E-state index contributed by atoms with van der Waals surface area (Å²) in [5, 5.41) is 7.11. The Morgan fingerprint density at radius 3 is 2.87 bits per heavy atom. The molecule has 2 saturated heterocycles. The number of H-pyrrole nitrogens is 1. The fourth-order valence-electron chi connectivity index (χ4n) is 4.72. The minimum Gasteiger partial charge on any atom is -0.381 e. The SMILES string of the molecule is Cc1cnc(NC2CCOCC2)nc1-c1c[nH]c(C(=O)N[C@H](COC2CCCCO2)c2cccc(Cl)c2)c1. The van der Waals surface area contributed by atoms with Crippen LogP contribution in [0.4, 0.5) is 5.95 Å². The third-order valence-corrected chi connectivity index (χ3v) is 7.11. The van der Waals surface area contributed by atoms with Crippen LogP contribution in [0.25, 0.3) is 11.3 Å². The molecule has 202 valence electrons. The van der Waals surface area contributed by atoms with Gasteiger partial charge in [0.15, 0.2) is 6.29 Å². The van der Waals surface area contributed by atoms with E-state index >= 15 is 0 Å². The summed E-state index contributed by atoms with van der Waals surface area (Å²) in [6, 6.07) is 9.15. The normalized spacial score (nSPS) is 19.2. The van der Waals surface area contributed by atoms with Crippen molar-refractivity contribution < 1.29 is 19.0 Å². The molecular weight excluding hydrogens is 506 g/mol. The first-order valence-electron chi connectivity index (χ1n) is 13.2. The molecule has 3 aromatic rings. The van der Waals surface area contributed by atoms with Crippen LogP contribution < -0.4 is 10.6 Å². The zero-order valence-electron chi connectivity index (χ0n) is 21.5. The minimum absolute atomic E-state index is 0.248. The Balaban J connectivity index is 1.29. The summed E-state index contributed by atoms with van der Waals surface area (Å²) < 4.78 is 17.2. The maximum atomic E-state index is 13.3. The fourth-order valence-corrected chi connectivity index (χ4v) is 4.92. The van der Waals surface area contributed by atoms with Gasteiger partial charge in [0.2, 0.25) is 5.95 Å². The molecule has 0 saturated carbocycles. The highest BCUT2D eigenvalue weighted by Gasteiger charge is 2.22. The lowest BCUT2D eigenvalue weighted by molar-refractivity contribution is -0.165. The molecule has 0 bridgehead atoms. The molecular formula is C28H34ClN5O4. The van der Waals surface area contributed by atoms with Crippen LogP contribution in [0, 0.1) is 6.92 Å². The van der Waals surface area contributed by atoms with Gasteiger partial charge in [0.25, 0.3) is 5.91 Å². The first-order chi connectivity index (χ1) is 18.5. The Hall–Kier alpha value is -2.98. The van der Waals surface area contributed by atoms with E-state index in [0.717, 1.165) is 67.7 Å². The molecule has 9 nitrogen and oxygen atoms in total. The van der Waals surface area contributed by atoms with E-state index in [1.165, 1.54) is 0 Å². The van der Waals surface area contributed by atoms with Crippen molar-refractivity contribution in [2.45, 2.75) is 57.4 Å². The molecule has 2 fully saturated rings. The van der Waals surface area contributed by atoms with Gasteiger partial charge in [-0.25, -0.2) is 9.97 Å². The van der Waals surface area contributed by atoms with E-state index in [2.05, 4.69) is 20.6 Å². The highest BCUT2D eigenvalue weighted by Crippen LogP contribution is 2.25. The van der Waals surface area contributed by atoms with Gasteiger partial charge in [0.1, 0.15) is 5.69 Å². The summed E-state index contributed by atoms with van der Waals surface area (Å²) in [5.41, 5.74) is 3.80. The third-order valence-electron chi connectivity index (χ3n) is 6.87. The molecule has 38 heavy (non-hydrogen) atoms. The van der Waals surface area contributed by atoms with Crippen molar-refractivity contribution in [1.29, 1.82) is 0 Å². The average molecular weight is 540 g/mol. The first-order valence-corrected chi connectivity index (χ1v) is 13.6. The number of aromatic amines is 1. The van der Waals surface area contributed by atoms with Gasteiger partial charge < -0.3 is 29.8 Å². The molecule has 2 atom stereocenters. The largest absolute Gasteiger partial charge is 0.381 e. The van der Waals surface area contributed by atoms with Gasteiger partial charge in [-0.2, -0.15) is 0 Å². The molecule has 5 rings (SSSR count). The highest BCUT2D eigenvalue weighted by atomic mass is 35.5. The van der Waals surface area contributed by atoms with E-state index in [0.29, 0.717) is 23.3 Å². The standard InChI is InChI=1S/C28H34ClN5O4/c1-18-15-31-28(32-22-8-11-36-12-9-22)34-26(18)20-14-23(30-16-20)27(35)33-24(19-5-4-6-21(29)13-19)17-38-25-7-2-3-10-37-25/h4-6,13-16,22,24-25,30H,2-3,7-12,17H2,1H3,(H,33,35)(H,31,32,34)/t24-,25?/m1/s1. The number of hydrogen-bond acceptors (Lipinski definition) is 7. The number of ether oxygens (including phenoxy) is 3. The van der Waals surface area contributed by atoms with Crippen LogP contribution in [-0.4, -0.2) is 59.6 Å². The van der Waals surface area contributed by atoms with Gasteiger partial charge in [-0.1, -0.05) is 23.7 Å². The molecule has 1 unspecified atom stereocenters. The maximum absolute atomic E-state index is 13.3. The van der Waals surface area contributed by atoms with Crippen molar-refractivity contribution in [1.82, 2.24) is 20.3 Å². The van der Waals surface area contributed by atoms with Gasteiger partial charge in [-0.3, -0.25) is 4.79 Å². The molecule has 4 heterocycles. The van der Waals surface area contributed by atoms with Crippen LogP contribution in [-0.2, 0) is 14.2 Å². The molecule has 0 aliphatic carbocycles. The quantitative estimate of drug-likeness (QED) is 0.349. The van der Waals surface area contributed by atoms with E-state index in [1.807, 2.05) is 37.3 Å². The average Bonchev–Trinajstić information content (AvgIpc) is 3.43. The smallest absolute Gasteiger partial charge is 0.268 e. The second-order valence-corrected chi connectivity index (χ2v) is 10.2. The number of carbonyl (C=O) groups is 1.